The minimum absolute atomic E-state index is 0.170. The Morgan fingerprint density at radius 3 is 2.62 bits per heavy atom. The van der Waals surface area contributed by atoms with Crippen LogP contribution < -0.4 is 10.2 Å². The lowest BCUT2D eigenvalue weighted by Gasteiger charge is -2.30. The van der Waals surface area contributed by atoms with E-state index in [1.165, 1.54) is 34.1 Å². The fourth-order valence-electron chi connectivity index (χ4n) is 4.30. The third-order valence-electron chi connectivity index (χ3n) is 5.99. The Labute approximate surface area is 196 Å². The van der Waals surface area contributed by atoms with Crippen molar-refractivity contribution in [3.05, 3.63) is 33.5 Å². The highest BCUT2D eigenvalue weighted by atomic mass is 32.2. The van der Waals surface area contributed by atoms with Crippen molar-refractivity contribution in [2.45, 2.75) is 36.3 Å². The first-order chi connectivity index (χ1) is 15.4. The van der Waals surface area contributed by atoms with Gasteiger partial charge in [-0.05, 0) is 42.7 Å². The Bertz CT molecular complexity index is 1070. The van der Waals surface area contributed by atoms with Crippen molar-refractivity contribution in [1.29, 1.82) is 0 Å². The number of hydrogen-bond donors (Lipinski definition) is 2. The van der Waals surface area contributed by atoms with Crippen LogP contribution in [0.1, 0.15) is 40.1 Å². The van der Waals surface area contributed by atoms with Crippen LogP contribution in [0, 0.1) is 0 Å². The molecule has 0 aromatic carbocycles. The van der Waals surface area contributed by atoms with Crippen molar-refractivity contribution in [3.63, 3.8) is 0 Å². The molecule has 0 atom stereocenters. The van der Waals surface area contributed by atoms with E-state index in [1.807, 2.05) is 0 Å². The van der Waals surface area contributed by atoms with Gasteiger partial charge in [0.15, 0.2) is 6.54 Å². The highest BCUT2D eigenvalue weighted by Gasteiger charge is 2.32. The summed E-state index contributed by atoms with van der Waals surface area (Å²) in [6, 6.07) is 3.35. The molecule has 1 saturated heterocycles. The monoisotopic (exact) mass is 498 g/mol. The highest BCUT2D eigenvalue weighted by molar-refractivity contribution is 7.91. The van der Waals surface area contributed by atoms with Gasteiger partial charge in [0.2, 0.25) is 0 Å². The molecule has 0 spiro atoms. The molecule has 11 heteroatoms. The Balaban J connectivity index is 1.38. The van der Waals surface area contributed by atoms with Gasteiger partial charge in [0, 0.05) is 4.88 Å². The molecule has 174 valence electrons. The van der Waals surface area contributed by atoms with Crippen LogP contribution in [0.2, 0.25) is 0 Å². The summed E-state index contributed by atoms with van der Waals surface area (Å²) in [4.78, 5) is 27.4. The van der Waals surface area contributed by atoms with Crippen molar-refractivity contribution in [2.24, 2.45) is 0 Å². The van der Waals surface area contributed by atoms with E-state index in [2.05, 4.69) is 5.32 Å². The molecule has 4 rings (SSSR count). The lowest BCUT2D eigenvalue weighted by molar-refractivity contribution is -0.895. The van der Waals surface area contributed by atoms with E-state index in [4.69, 9.17) is 4.74 Å². The van der Waals surface area contributed by atoms with E-state index in [0.717, 1.165) is 47.4 Å². The van der Waals surface area contributed by atoms with Gasteiger partial charge >= 0.3 is 5.97 Å². The van der Waals surface area contributed by atoms with Gasteiger partial charge in [0.1, 0.15) is 9.21 Å². The molecule has 1 aliphatic carbocycles. The number of esters is 1. The Morgan fingerprint density at radius 1 is 1.19 bits per heavy atom. The van der Waals surface area contributed by atoms with Gasteiger partial charge in [0.05, 0.1) is 38.9 Å². The number of hydrogen-bond acceptors (Lipinski definition) is 7. The van der Waals surface area contributed by atoms with Gasteiger partial charge in [0.25, 0.3) is 15.9 Å². The predicted molar refractivity (Wildman–Crippen MR) is 124 cm³/mol. The summed E-state index contributed by atoms with van der Waals surface area (Å²) in [5.74, 6) is -0.574. The number of fused-ring (bicyclic) bond motifs is 1. The van der Waals surface area contributed by atoms with Crippen molar-refractivity contribution >= 4 is 49.6 Å². The minimum Gasteiger partial charge on any atom is -0.465 e. The molecule has 32 heavy (non-hydrogen) atoms. The predicted octanol–water partition coefficient (Wildman–Crippen LogP) is 1.39. The van der Waals surface area contributed by atoms with Gasteiger partial charge in [-0.25, -0.2) is 13.2 Å². The van der Waals surface area contributed by atoms with Crippen LogP contribution in [0.5, 0.6) is 0 Å². The molecule has 8 nitrogen and oxygen atoms in total. The average Bonchev–Trinajstić information content (AvgIpc) is 3.37. The maximum Gasteiger partial charge on any atom is 0.341 e. The largest absolute Gasteiger partial charge is 0.465 e. The van der Waals surface area contributed by atoms with Crippen LogP contribution >= 0.6 is 22.7 Å². The van der Waals surface area contributed by atoms with E-state index in [-0.39, 0.29) is 12.5 Å². The number of carbonyl (C=O) groups excluding carboxylic acids is 2. The average molecular weight is 499 g/mol. The fourth-order valence-corrected chi connectivity index (χ4v) is 8.18. The molecule has 0 unspecified atom stereocenters. The standard InChI is InChI=1S/C21H27N3O5S3/c1-29-21(26)19-15-6-3-2-4-7-16(15)31-20(19)22-17(25)14-23-9-11-24(12-10-23)32(27,28)18-8-5-13-30-18/h5,8,13H,2-4,6-7,9-12,14H2,1H3,(H,22,25)/p+1. The quantitative estimate of drug-likeness (QED) is 0.464. The van der Waals surface area contributed by atoms with Gasteiger partial charge in [-0.1, -0.05) is 12.5 Å². The molecular formula is C21H28N3O5S3+. The smallest absolute Gasteiger partial charge is 0.341 e. The first-order valence-corrected chi connectivity index (χ1v) is 13.9. The van der Waals surface area contributed by atoms with Gasteiger partial charge in [-0.3, -0.25) is 4.79 Å². The third kappa shape index (κ3) is 4.91. The lowest BCUT2D eigenvalue weighted by atomic mass is 10.1. The van der Waals surface area contributed by atoms with Gasteiger partial charge in [-0.15, -0.1) is 22.7 Å². The number of anilines is 1. The maximum absolute atomic E-state index is 12.8. The molecule has 0 radical (unpaired) electrons. The molecule has 2 aromatic rings. The van der Waals surface area contributed by atoms with Crippen molar-refractivity contribution in [1.82, 2.24) is 4.31 Å². The normalized spacial score (nSPS) is 18.0. The summed E-state index contributed by atoms with van der Waals surface area (Å²) >= 11 is 2.70. The Kier molecular flexibility index (Phi) is 7.30. The summed E-state index contributed by atoms with van der Waals surface area (Å²) < 4.78 is 32.2. The first-order valence-electron chi connectivity index (χ1n) is 10.8. The Hall–Kier alpha value is -1.79. The summed E-state index contributed by atoms with van der Waals surface area (Å²) in [6.07, 6.45) is 5.01. The van der Waals surface area contributed by atoms with Gasteiger partial charge < -0.3 is 15.0 Å². The van der Waals surface area contributed by atoms with Crippen LogP contribution in [-0.4, -0.2) is 64.4 Å². The number of amides is 1. The van der Waals surface area contributed by atoms with Crippen LogP contribution in [0.15, 0.2) is 21.7 Å². The molecule has 3 heterocycles. The number of nitrogens with zero attached hydrogens (tertiary/aromatic N) is 1. The zero-order chi connectivity index (χ0) is 22.7. The molecule has 2 aromatic heterocycles. The SMILES string of the molecule is COC(=O)c1c(NC(=O)C[NH+]2CCN(S(=O)(=O)c3cccs3)CC2)sc2c1CCCCC2. The molecule has 0 bridgehead atoms. The minimum atomic E-state index is -3.45. The first kappa shape index (κ1) is 23.4. The van der Waals surface area contributed by atoms with Crippen LogP contribution in [0.4, 0.5) is 5.00 Å². The molecule has 2 aliphatic rings. The second kappa shape index (κ2) is 10.0. The van der Waals surface area contributed by atoms with Crippen molar-refractivity contribution < 1.29 is 27.6 Å². The number of carbonyl (C=O) groups is 2. The number of quaternary nitrogens is 1. The number of methoxy groups -OCH3 is 1. The maximum atomic E-state index is 12.8. The molecule has 1 aliphatic heterocycles. The van der Waals surface area contributed by atoms with E-state index in [0.29, 0.717) is 41.0 Å². The number of thiophene rings is 2. The second-order valence-corrected chi connectivity index (χ2v) is 12.3. The summed E-state index contributed by atoms with van der Waals surface area (Å²) in [5, 5.41) is 5.27. The third-order valence-corrected chi connectivity index (χ3v) is 10.5. The molecule has 0 saturated carbocycles. The summed E-state index contributed by atoms with van der Waals surface area (Å²) in [5.41, 5.74) is 1.53. The molecule has 1 amide bonds. The van der Waals surface area contributed by atoms with Crippen molar-refractivity contribution in [3.8, 4) is 0 Å². The highest BCUT2D eigenvalue weighted by Crippen LogP contribution is 2.37. The summed E-state index contributed by atoms with van der Waals surface area (Å²) in [6.45, 7) is 2.11. The van der Waals surface area contributed by atoms with E-state index < -0.39 is 16.0 Å². The fraction of sp³-hybridized carbons (Fsp3) is 0.524. The Morgan fingerprint density at radius 2 is 1.94 bits per heavy atom. The zero-order valence-electron chi connectivity index (χ0n) is 18.0. The second-order valence-electron chi connectivity index (χ2n) is 8.07. The number of aryl methyl sites for hydroxylation is 1. The van der Waals surface area contributed by atoms with E-state index in [1.54, 1.807) is 17.5 Å². The summed E-state index contributed by atoms with van der Waals surface area (Å²) in [7, 11) is -2.09. The number of nitrogens with one attached hydrogen (secondary N) is 2. The number of piperazine rings is 1. The number of rotatable bonds is 6. The topological polar surface area (TPSA) is 97.2 Å². The van der Waals surface area contributed by atoms with E-state index in [9.17, 15) is 18.0 Å². The lowest BCUT2D eigenvalue weighted by Crippen LogP contribution is -3.15. The zero-order valence-corrected chi connectivity index (χ0v) is 20.5. The van der Waals surface area contributed by atoms with Crippen molar-refractivity contribution in [2.75, 3.05) is 45.2 Å². The molecule has 2 N–H and O–H groups in total. The van der Waals surface area contributed by atoms with Crippen LogP contribution in [-0.2, 0) is 32.4 Å². The van der Waals surface area contributed by atoms with Gasteiger partial charge in [-0.2, -0.15) is 4.31 Å². The van der Waals surface area contributed by atoms with E-state index >= 15 is 0 Å². The number of sulfonamides is 1. The number of ether oxygens (including phenoxy) is 1. The van der Waals surface area contributed by atoms with Crippen LogP contribution in [0.3, 0.4) is 0 Å². The molecular weight excluding hydrogens is 470 g/mol. The van der Waals surface area contributed by atoms with Crippen LogP contribution in [0.25, 0.3) is 0 Å². The molecule has 1 fully saturated rings.